The Hall–Kier alpha value is -0.620. The van der Waals surface area contributed by atoms with Crippen LogP contribution in [0.4, 0.5) is 0 Å². The Balaban J connectivity index is 2.64. The second-order valence-corrected chi connectivity index (χ2v) is 4.90. The van der Waals surface area contributed by atoms with Gasteiger partial charge in [0, 0.05) is 19.8 Å². The summed E-state index contributed by atoms with van der Waals surface area (Å²) in [5.41, 5.74) is 7.05. The number of halogens is 1. The lowest BCUT2D eigenvalue weighted by Crippen LogP contribution is -2.23. The van der Waals surface area contributed by atoms with Crippen molar-refractivity contribution < 1.29 is 4.74 Å². The molecule has 18 heavy (non-hydrogen) atoms. The van der Waals surface area contributed by atoms with E-state index in [9.17, 15) is 0 Å². The molecule has 0 spiro atoms. The SMILES string of the molecule is CCOCCC(N)c1c(Cl)cnn1CCN(C)C. The van der Waals surface area contributed by atoms with Crippen LogP contribution in [0, 0.1) is 0 Å². The minimum absolute atomic E-state index is 0.131. The number of aromatic nitrogens is 2. The van der Waals surface area contributed by atoms with Crippen LogP contribution in [0.2, 0.25) is 5.02 Å². The van der Waals surface area contributed by atoms with Crippen molar-refractivity contribution >= 4 is 11.6 Å². The fourth-order valence-electron chi connectivity index (χ4n) is 1.70. The number of likely N-dealkylation sites (N-methyl/N-ethyl adjacent to an activating group) is 1. The van der Waals surface area contributed by atoms with Crippen molar-refractivity contribution in [2.24, 2.45) is 5.73 Å². The number of ether oxygens (including phenoxy) is 1. The Labute approximate surface area is 114 Å². The number of nitrogens with zero attached hydrogens (tertiary/aromatic N) is 3. The van der Waals surface area contributed by atoms with Crippen LogP contribution >= 0.6 is 11.6 Å². The lowest BCUT2D eigenvalue weighted by molar-refractivity contribution is 0.139. The van der Waals surface area contributed by atoms with Crippen LogP contribution in [0.25, 0.3) is 0 Å². The van der Waals surface area contributed by atoms with Crippen molar-refractivity contribution in [3.05, 3.63) is 16.9 Å². The van der Waals surface area contributed by atoms with Gasteiger partial charge >= 0.3 is 0 Å². The highest BCUT2D eigenvalue weighted by molar-refractivity contribution is 6.31. The summed E-state index contributed by atoms with van der Waals surface area (Å²) < 4.78 is 7.21. The molecule has 0 bridgehead atoms. The molecule has 1 atom stereocenters. The van der Waals surface area contributed by atoms with Crippen molar-refractivity contribution in [2.45, 2.75) is 25.9 Å². The van der Waals surface area contributed by atoms with Crippen LogP contribution in [0.3, 0.4) is 0 Å². The summed E-state index contributed by atoms with van der Waals surface area (Å²) in [7, 11) is 4.06. The van der Waals surface area contributed by atoms with Crippen molar-refractivity contribution in [3.8, 4) is 0 Å². The highest BCUT2D eigenvalue weighted by atomic mass is 35.5. The predicted molar refractivity (Wildman–Crippen MR) is 73.8 cm³/mol. The Morgan fingerprint density at radius 1 is 1.56 bits per heavy atom. The minimum Gasteiger partial charge on any atom is -0.382 e. The standard InChI is InChI=1S/C12H23ClN4O/c1-4-18-8-5-11(14)12-10(13)9-15-17(12)7-6-16(2)3/h9,11H,4-8,14H2,1-3H3. The predicted octanol–water partition coefficient (Wildman–Crippen LogP) is 1.52. The van der Waals surface area contributed by atoms with Gasteiger partial charge in [-0.2, -0.15) is 5.10 Å². The van der Waals surface area contributed by atoms with Gasteiger partial charge in [-0.3, -0.25) is 4.68 Å². The third kappa shape index (κ3) is 4.57. The quantitative estimate of drug-likeness (QED) is 0.731. The van der Waals surface area contributed by atoms with Gasteiger partial charge in [-0.1, -0.05) is 11.6 Å². The molecule has 1 aromatic heterocycles. The van der Waals surface area contributed by atoms with Gasteiger partial charge in [0.1, 0.15) is 0 Å². The molecule has 104 valence electrons. The normalized spacial score (nSPS) is 13.2. The third-order valence-electron chi connectivity index (χ3n) is 2.72. The summed E-state index contributed by atoms with van der Waals surface area (Å²) in [4.78, 5) is 2.10. The average Bonchev–Trinajstić information content (AvgIpc) is 2.68. The summed E-state index contributed by atoms with van der Waals surface area (Å²) in [6.45, 7) is 5.02. The summed E-state index contributed by atoms with van der Waals surface area (Å²) >= 11 is 6.15. The van der Waals surface area contributed by atoms with Crippen LogP contribution in [0.15, 0.2) is 6.20 Å². The first-order valence-corrected chi connectivity index (χ1v) is 6.63. The van der Waals surface area contributed by atoms with Gasteiger partial charge in [0.15, 0.2) is 0 Å². The monoisotopic (exact) mass is 274 g/mol. The Kier molecular flexibility index (Phi) is 6.63. The maximum Gasteiger partial charge on any atom is 0.0834 e. The average molecular weight is 275 g/mol. The molecule has 1 heterocycles. The molecule has 0 aromatic carbocycles. The minimum atomic E-state index is -0.131. The molecule has 6 heteroatoms. The Morgan fingerprint density at radius 2 is 2.28 bits per heavy atom. The molecule has 1 aromatic rings. The number of nitrogens with two attached hydrogens (primary N) is 1. The van der Waals surface area contributed by atoms with Crippen LogP contribution < -0.4 is 5.73 Å². The van der Waals surface area contributed by atoms with Gasteiger partial charge in [0.25, 0.3) is 0 Å². The van der Waals surface area contributed by atoms with E-state index in [0.29, 0.717) is 18.2 Å². The molecule has 0 saturated heterocycles. The maximum absolute atomic E-state index is 6.15. The van der Waals surface area contributed by atoms with Crippen LogP contribution in [0.1, 0.15) is 25.1 Å². The molecule has 0 aliphatic carbocycles. The van der Waals surface area contributed by atoms with E-state index in [2.05, 4.69) is 10.00 Å². The first-order valence-electron chi connectivity index (χ1n) is 6.25. The van der Waals surface area contributed by atoms with Crippen molar-refractivity contribution in [3.63, 3.8) is 0 Å². The van der Waals surface area contributed by atoms with E-state index in [1.165, 1.54) is 0 Å². The fraction of sp³-hybridized carbons (Fsp3) is 0.750. The summed E-state index contributed by atoms with van der Waals surface area (Å²) in [6.07, 6.45) is 2.41. The number of hydrogen-bond acceptors (Lipinski definition) is 4. The molecule has 0 amide bonds. The fourth-order valence-corrected chi connectivity index (χ4v) is 1.99. The molecule has 0 aliphatic heterocycles. The second kappa shape index (κ2) is 7.74. The second-order valence-electron chi connectivity index (χ2n) is 4.50. The van der Waals surface area contributed by atoms with Gasteiger partial charge in [0.2, 0.25) is 0 Å². The summed E-state index contributed by atoms with van der Waals surface area (Å²) in [6, 6.07) is -0.131. The van der Waals surface area contributed by atoms with E-state index in [4.69, 9.17) is 22.1 Å². The highest BCUT2D eigenvalue weighted by Crippen LogP contribution is 2.23. The van der Waals surface area contributed by atoms with Crippen LogP contribution in [0.5, 0.6) is 0 Å². The molecule has 2 N–H and O–H groups in total. The Morgan fingerprint density at radius 3 is 2.89 bits per heavy atom. The van der Waals surface area contributed by atoms with Crippen LogP contribution in [-0.4, -0.2) is 48.5 Å². The van der Waals surface area contributed by atoms with E-state index < -0.39 is 0 Å². The molecule has 0 aliphatic rings. The number of hydrogen-bond donors (Lipinski definition) is 1. The van der Waals surface area contributed by atoms with E-state index in [-0.39, 0.29) is 6.04 Å². The van der Waals surface area contributed by atoms with E-state index >= 15 is 0 Å². The van der Waals surface area contributed by atoms with Gasteiger partial charge in [-0.15, -0.1) is 0 Å². The molecule has 0 radical (unpaired) electrons. The van der Waals surface area contributed by atoms with Gasteiger partial charge in [-0.25, -0.2) is 0 Å². The first-order chi connectivity index (χ1) is 8.56. The van der Waals surface area contributed by atoms with Crippen molar-refractivity contribution in [1.29, 1.82) is 0 Å². The lowest BCUT2D eigenvalue weighted by atomic mass is 10.1. The van der Waals surface area contributed by atoms with E-state index in [1.807, 2.05) is 25.7 Å². The smallest absolute Gasteiger partial charge is 0.0834 e. The van der Waals surface area contributed by atoms with Gasteiger partial charge in [0.05, 0.1) is 29.5 Å². The topological polar surface area (TPSA) is 56.3 Å². The zero-order valence-electron chi connectivity index (χ0n) is 11.4. The molecule has 1 unspecified atom stereocenters. The molecule has 0 saturated carbocycles. The largest absolute Gasteiger partial charge is 0.382 e. The van der Waals surface area contributed by atoms with Crippen molar-refractivity contribution in [1.82, 2.24) is 14.7 Å². The molecule has 1 rings (SSSR count). The Bertz CT molecular complexity index is 354. The lowest BCUT2D eigenvalue weighted by Gasteiger charge is -2.16. The highest BCUT2D eigenvalue weighted by Gasteiger charge is 2.16. The molecular weight excluding hydrogens is 252 g/mol. The zero-order chi connectivity index (χ0) is 13.5. The van der Waals surface area contributed by atoms with Gasteiger partial charge in [-0.05, 0) is 27.4 Å². The third-order valence-corrected chi connectivity index (χ3v) is 3.01. The van der Waals surface area contributed by atoms with Crippen molar-refractivity contribution in [2.75, 3.05) is 33.9 Å². The molecule has 5 nitrogen and oxygen atoms in total. The van der Waals surface area contributed by atoms with E-state index in [0.717, 1.165) is 25.2 Å². The van der Waals surface area contributed by atoms with E-state index in [1.54, 1.807) is 6.20 Å². The van der Waals surface area contributed by atoms with Gasteiger partial charge < -0.3 is 15.4 Å². The number of rotatable bonds is 8. The zero-order valence-corrected chi connectivity index (χ0v) is 12.2. The molecular formula is C12H23ClN4O. The summed E-state index contributed by atoms with van der Waals surface area (Å²) in [5.74, 6) is 0. The maximum atomic E-state index is 6.15. The summed E-state index contributed by atoms with van der Waals surface area (Å²) in [5, 5.41) is 4.91. The van der Waals surface area contributed by atoms with Crippen LogP contribution in [-0.2, 0) is 11.3 Å². The first kappa shape index (κ1) is 15.4. The molecule has 0 fully saturated rings.